The second kappa shape index (κ2) is 4.71. The number of aryl methyl sites for hydroxylation is 2. The third-order valence-electron chi connectivity index (χ3n) is 3.32. The molecule has 2 heteroatoms. The standard InChI is InChI=1S/C14H20N2/c1-10(9-15)7-8-12-11(2)16-14-6-4-3-5-13(12)14/h3-6,10,16H,7-9,15H2,1-2H3. The summed E-state index contributed by atoms with van der Waals surface area (Å²) in [5.41, 5.74) is 9.65. The topological polar surface area (TPSA) is 41.8 Å². The van der Waals surface area contributed by atoms with E-state index in [9.17, 15) is 0 Å². The number of aromatic nitrogens is 1. The predicted molar refractivity (Wildman–Crippen MR) is 69.6 cm³/mol. The van der Waals surface area contributed by atoms with Crippen LogP contribution < -0.4 is 5.73 Å². The van der Waals surface area contributed by atoms with Gasteiger partial charge in [0.2, 0.25) is 0 Å². The van der Waals surface area contributed by atoms with Gasteiger partial charge in [0, 0.05) is 16.6 Å². The van der Waals surface area contributed by atoms with Crippen LogP contribution in [0.25, 0.3) is 10.9 Å². The minimum absolute atomic E-state index is 0.605. The molecule has 2 aromatic rings. The first-order valence-corrected chi connectivity index (χ1v) is 5.98. The van der Waals surface area contributed by atoms with Gasteiger partial charge in [0.15, 0.2) is 0 Å². The minimum atomic E-state index is 0.605. The highest BCUT2D eigenvalue weighted by Crippen LogP contribution is 2.23. The fourth-order valence-corrected chi connectivity index (χ4v) is 2.17. The van der Waals surface area contributed by atoms with Crippen molar-refractivity contribution in [3.8, 4) is 0 Å². The Kier molecular flexibility index (Phi) is 3.30. The van der Waals surface area contributed by atoms with E-state index in [4.69, 9.17) is 5.73 Å². The summed E-state index contributed by atoms with van der Waals surface area (Å²) in [6.07, 6.45) is 2.29. The number of H-pyrrole nitrogens is 1. The molecule has 0 saturated carbocycles. The molecule has 1 heterocycles. The lowest BCUT2D eigenvalue weighted by Crippen LogP contribution is -2.11. The first-order valence-electron chi connectivity index (χ1n) is 5.98. The SMILES string of the molecule is Cc1[nH]c2ccccc2c1CCC(C)CN. The Labute approximate surface area is 96.9 Å². The summed E-state index contributed by atoms with van der Waals surface area (Å²) in [5, 5.41) is 1.37. The maximum Gasteiger partial charge on any atom is 0.0458 e. The average molecular weight is 216 g/mol. The van der Waals surface area contributed by atoms with Crippen LogP contribution in [0.3, 0.4) is 0 Å². The van der Waals surface area contributed by atoms with E-state index in [1.54, 1.807) is 0 Å². The molecule has 0 aliphatic carbocycles. The Balaban J connectivity index is 2.26. The lowest BCUT2D eigenvalue weighted by atomic mass is 9.99. The van der Waals surface area contributed by atoms with E-state index in [-0.39, 0.29) is 0 Å². The molecule has 0 aliphatic rings. The third-order valence-corrected chi connectivity index (χ3v) is 3.32. The number of para-hydroxylation sites is 1. The summed E-state index contributed by atoms with van der Waals surface area (Å²) < 4.78 is 0. The number of fused-ring (bicyclic) bond motifs is 1. The van der Waals surface area contributed by atoms with Gasteiger partial charge in [-0.2, -0.15) is 0 Å². The fourth-order valence-electron chi connectivity index (χ4n) is 2.17. The molecule has 0 fully saturated rings. The molecule has 0 aliphatic heterocycles. The van der Waals surface area contributed by atoms with Crippen molar-refractivity contribution >= 4 is 10.9 Å². The second-order valence-corrected chi connectivity index (χ2v) is 4.65. The van der Waals surface area contributed by atoms with E-state index in [0.717, 1.165) is 13.0 Å². The van der Waals surface area contributed by atoms with Gasteiger partial charge >= 0.3 is 0 Å². The van der Waals surface area contributed by atoms with Crippen LogP contribution in [0.2, 0.25) is 0 Å². The van der Waals surface area contributed by atoms with Crippen molar-refractivity contribution in [2.75, 3.05) is 6.54 Å². The van der Waals surface area contributed by atoms with Gasteiger partial charge in [-0.05, 0) is 43.9 Å². The molecule has 1 aromatic heterocycles. The lowest BCUT2D eigenvalue weighted by molar-refractivity contribution is 0.545. The van der Waals surface area contributed by atoms with E-state index in [1.807, 2.05) is 0 Å². The van der Waals surface area contributed by atoms with Crippen LogP contribution in [-0.4, -0.2) is 11.5 Å². The maximum atomic E-state index is 5.65. The van der Waals surface area contributed by atoms with Crippen molar-refractivity contribution in [3.63, 3.8) is 0 Å². The molecule has 2 nitrogen and oxygen atoms in total. The maximum absolute atomic E-state index is 5.65. The number of nitrogens with one attached hydrogen (secondary N) is 1. The van der Waals surface area contributed by atoms with Crippen LogP contribution in [0.5, 0.6) is 0 Å². The molecular weight excluding hydrogens is 196 g/mol. The monoisotopic (exact) mass is 216 g/mol. The van der Waals surface area contributed by atoms with Gasteiger partial charge < -0.3 is 10.7 Å². The minimum Gasteiger partial charge on any atom is -0.358 e. The van der Waals surface area contributed by atoms with Crippen molar-refractivity contribution in [2.45, 2.75) is 26.7 Å². The van der Waals surface area contributed by atoms with Crippen molar-refractivity contribution in [3.05, 3.63) is 35.5 Å². The Bertz CT molecular complexity index is 471. The molecular formula is C14H20N2. The van der Waals surface area contributed by atoms with Crippen LogP contribution in [0.4, 0.5) is 0 Å². The Hall–Kier alpha value is -1.28. The van der Waals surface area contributed by atoms with Gasteiger partial charge in [-0.25, -0.2) is 0 Å². The van der Waals surface area contributed by atoms with Crippen LogP contribution in [0, 0.1) is 12.8 Å². The third kappa shape index (κ3) is 2.12. The molecule has 1 atom stereocenters. The molecule has 0 spiro atoms. The highest BCUT2D eigenvalue weighted by Gasteiger charge is 2.08. The first kappa shape index (κ1) is 11.2. The van der Waals surface area contributed by atoms with E-state index in [2.05, 4.69) is 43.1 Å². The summed E-state index contributed by atoms with van der Waals surface area (Å²) >= 11 is 0. The van der Waals surface area contributed by atoms with Crippen LogP contribution >= 0.6 is 0 Å². The van der Waals surface area contributed by atoms with Gasteiger partial charge in [0.05, 0.1) is 0 Å². The molecule has 86 valence electrons. The summed E-state index contributed by atoms with van der Waals surface area (Å²) in [7, 11) is 0. The van der Waals surface area contributed by atoms with Crippen molar-refractivity contribution < 1.29 is 0 Å². The van der Waals surface area contributed by atoms with Gasteiger partial charge in [-0.1, -0.05) is 25.1 Å². The molecule has 0 amide bonds. The molecule has 1 aromatic carbocycles. The number of rotatable bonds is 4. The molecule has 3 N–H and O–H groups in total. The zero-order valence-corrected chi connectivity index (χ0v) is 10.1. The normalized spacial score (nSPS) is 13.2. The zero-order chi connectivity index (χ0) is 11.5. The number of hydrogen-bond donors (Lipinski definition) is 2. The van der Waals surface area contributed by atoms with Crippen molar-refractivity contribution in [1.29, 1.82) is 0 Å². The van der Waals surface area contributed by atoms with E-state index in [1.165, 1.54) is 28.6 Å². The molecule has 16 heavy (non-hydrogen) atoms. The lowest BCUT2D eigenvalue weighted by Gasteiger charge is -2.07. The number of aromatic amines is 1. The van der Waals surface area contributed by atoms with Crippen LogP contribution in [0.1, 0.15) is 24.6 Å². The van der Waals surface area contributed by atoms with E-state index >= 15 is 0 Å². The summed E-state index contributed by atoms with van der Waals surface area (Å²) in [6.45, 7) is 5.15. The largest absolute Gasteiger partial charge is 0.358 e. The number of hydrogen-bond acceptors (Lipinski definition) is 1. The smallest absolute Gasteiger partial charge is 0.0458 e. The molecule has 0 saturated heterocycles. The molecule has 0 bridgehead atoms. The summed E-state index contributed by atoms with van der Waals surface area (Å²) in [4.78, 5) is 3.44. The van der Waals surface area contributed by atoms with Crippen LogP contribution in [0.15, 0.2) is 24.3 Å². The highest BCUT2D eigenvalue weighted by atomic mass is 14.7. The van der Waals surface area contributed by atoms with E-state index in [0.29, 0.717) is 5.92 Å². The van der Waals surface area contributed by atoms with Gasteiger partial charge in [-0.3, -0.25) is 0 Å². The second-order valence-electron chi connectivity index (χ2n) is 4.65. The van der Waals surface area contributed by atoms with Gasteiger partial charge in [-0.15, -0.1) is 0 Å². The summed E-state index contributed by atoms with van der Waals surface area (Å²) in [6, 6.07) is 8.51. The Morgan fingerprint density at radius 3 is 2.81 bits per heavy atom. The zero-order valence-electron chi connectivity index (χ0n) is 10.1. The van der Waals surface area contributed by atoms with Crippen LogP contribution in [-0.2, 0) is 6.42 Å². The van der Waals surface area contributed by atoms with Gasteiger partial charge in [0.1, 0.15) is 0 Å². The number of benzene rings is 1. The summed E-state index contributed by atoms with van der Waals surface area (Å²) in [5.74, 6) is 0.605. The molecule has 2 rings (SSSR count). The van der Waals surface area contributed by atoms with E-state index < -0.39 is 0 Å². The molecule has 0 radical (unpaired) electrons. The van der Waals surface area contributed by atoms with Crippen molar-refractivity contribution in [2.24, 2.45) is 11.7 Å². The highest BCUT2D eigenvalue weighted by molar-refractivity contribution is 5.84. The Morgan fingerprint density at radius 2 is 2.06 bits per heavy atom. The quantitative estimate of drug-likeness (QED) is 0.810. The van der Waals surface area contributed by atoms with Gasteiger partial charge in [0.25, 0.3) is 0 Å². The van der Waals surface area contributed by atoms with Crippen molar-refractivity contribution in [1.82, 2.24) is 4.98 Å². The fraction of sp³-hybridized carbons (Fsp3) is 0.429. The molecule has 1 unspecified atom stereocenters. The Morgan fingerprint density at radius 1 is 1.31 bits per heavy atom. The predicted octanol–water partition coefficient (Wildman–Crippen LogP) is 3.00. The first-order chi connectivity index (χ1) is 7.72. The number of nitrogens with two attached hydrogens (primary N) is 1. The average Bonchev–Trinajstić information content (AvgIpc) is 2.62.